The minimum absolute atomic E-state index is 0.684. The zero-order valence-electron chi connectivity index (χ0n) is 13.5. The second kappa shape index (κ2) is 9.01. The molecule has 0 saturated heterocycles. The van der Waals surface area contributed by atoms with Crippen molar-refractivity contribution in [3.63, 3.8) is 0 Å². The summed E-state index contributed by atoms with van der Waals surface area (Å²) < 4.78 is 6.02. The molecule has 0 bridgehead atoms. The molecule has 1 aromatic rings. The second-order valence-corrected chi connectivity index (χ2v) is 6.07. The van der Waals surface area contributed by atoms with Gasteiger partial charge in [-0.25, -0.2) is 0 Å². The Morgan fingerprint density at radius 1 is 1.14 bits per heavy atom. The summed E-state index contributed by atoms with van der Waals surface area (Å²) in [6.45, 7) is 8.18. The third kappa shape index (κ3) is 5.29. The lowest BCUT2D eigenvalue weighted by molar-refractivity contribution is 0.0677. The number of allylic oxidation sites excluding steroid dienone is 2. The van der Waals surface area contributed by atoms with E-state index in [9.17, 15) is 0 Å². The largest absolute Gasteiger partial charge is 0.376 e. The van der Waals surface area contributed by atoms with Gasteiger partial charge in [-0.3, -0.25) is 0 Å². The van der Waals surface area contributed by atoms with Crippen LogP contribution in [0, 0.1) is 11.8 Å². The molecule has 0 aliphatic heterocycles. The molecule has 0 amide bonds. The smallest absolute Gasteiger partial charge is 0.0719 e. The van der Waals surface area contributed by atoms with Crippen molar-refractivity contribution < 1.29 is 4.74 Å². The van der Waals surface area contributed by atoms with Gasteiger partial charge in [-0.05, 0) is 55.3 Å². The molecule has 0 fully saturated rings. The number of benzene rings is 1. The molecule has 1 aromatic carbocycles. The fraction of sp³-hybridized carbons (Fsp3) is 0.579. The van der Waals surface area contributed by atoms with Crippen LogP contribution in [0.4, 0.5) is 0 Å². The summed E-state index contributed by atoms with van der Waals surface area (Å²) in [4.78, 5) is 0. The number of rotatable bonds is 8. The first-order valence-corrected chi connectivity index (χ1v) is 8.31. The Morgan fingerprint density at radius 3 is 2.67 bits per heavy atom. The van der Waals surface area contributed by atoms with Gasteiger partial charge in [-0.1, -0.05) is 50.3 Å². The molecule has 2 rings (SSSR count). The quantitative estimate of drug-likeness (QED) is 0.577. The van der Waals surface area contributed by atoms with Crippen LogP contribution in [-0.2, 0) is 17.8 Å². The number of likely N-dealkylation sites (N-methyl/N-ethyl adjacent to an activating group) is 1. The third-order valence-electron chi connectivity index (χ3n) is 4.45. The predicted molar refractivity (Wildman–Crippen MR) is 89.4 cm³/mol. The van der Waals surface area contributed by atoms with Crippen LogP contribution in [-0.4, -0.2) is 19.7 Å². The second-order valence-electron chi connectivity index (χ2n) is 6.07. The van der Waals surface area contributed by atoms with Gasteiger partial charge in [0.15, 0.2) is 0 Å². The minimum Gasteiger partial charge on any atom is -0.376 e. The molecule has 2 nitrogen and oxygen atoms in total. The summed E-state index contributed by atoms with van der Waals surface area (Å²) in [5.41, 5.74) is 2.75. The molecule has 1 aliphatic carbocycles. The Labute approximate surface area is 129 Å². The van der Waals surface area contributed by atoms with E-state index in [1.165, 1.54) is 24.0 Å². The highest BCUT2D eigenvalue weighted by atomic mass is 16.5. The van der Waals surface area contributed by atoms with E-state index >= 15 is 0 Å². The number of hydrogen-bond donors (Lipinski definition) is 1. The average molecular weight is 287 g/mol. The van der Waals surface area contributed by atoms with Gasteiger partial charge in [-0.15, -0.1) is 0 Å². The zero-order chi connectivity index (χ0) is 14.9. The van der Waals surface area contributed by atoms with Crippen LogP contribution in [0.2, 0.25) is 0 Å². The van der Waals surface area contributed by atoms with Crippen LogP contribution < -0.4 is 5.32 Å². The first-order chi connectivity index (χ1) is 10.3. The highest BCUT2D eigenvalue weighted by Crippen LogP contribution is 2.25. The van der Waals surface area contributed by atoms with Crippen LogP contribution in [0.1, 0.15) is 37.8 Å². The van der Waals surface area contributed by atoms with E-state index in [1.54, 1.807) is 0 Å². The summed E-state index contributed by atoms with van der Waals surface area (Å²) in [5.74, 6) is 1.43. The standard InChI is InChI=1S/C19H29NO/c1-3-20-13-12-17-9-6-7-11-19(17)15-21-14-18-10-5-4-8-16(18)2/h4-7,9,11,16,18,20H,3,8,10,12-15H2,1-2H3. The first-order valence-electron chi connectivity index (χ1n) is 8.31. The van der Waals surface area contributed by atoms with Crippen molar-refractivity contribution in [2.45, 2.75) is 39.7 Å². The third-order valence-corrected chi connectivity index (χ3v) is 4.45. The summed E-state index contributed by atoms with van der Waals surface area (Å²) in [7, 11) is 0. The van der Waals surface area contributed by atoms with Gasteiger partial charge in [0.05, 0.1) is 13.2 Å². The van der Waals surface area contributed by atoms with Gasteiger partial charge in [0, 0.05) is 0 Å². The maximum absolute atomic E-state index is 6.02. The van der Waals surface area contributed by atoms with Crippen molar-refractivity contribution in [3.05, 3.63) is 47.5 Å². The van der Waals surface area contributed by atoms with Gasteiger partial charge in [0.2, 0.25) is 0 Å². The average Bonchev–Trinajstić information content (AvgIpc) is 2.51. The van der Waals surface area contributed by atoms with Gasteiger partial charge >= 0.3 is 0 Å². The number of ether oxygens (including phenoxy) is 1. The van der Waals surface area contributed by atoms with E-state index < -0.39 is 0 Å². The van der Waals surface area contributed by atoms with Gasteiger partial charge in [0.1, 0.15) is 0 Å². The Kier molecular flexibility index (Phi) is 6.98. The van der Waals surface area contributed by atoms with Gasteiger partial charge < -0.3 is 10.1 Å². The van der Waals surface area contributed by atoms with Crippen molar-refractivity contribution in [3.8, 4) is 0 Å². The molecule has 0 heterocycles. The topological polar surface area (TPSA) is 21.3 Å². The monoisotopic (exact) mass is 287 g/mol. The fourth-order valence-electron chi connectivity index (χ4n) is 2.90. The van der Waals surface area contributed by atoms with E-state index in [1.807, 2.05) is 0 Å². The van der Waals surface area contributed by atoms with Crippen molar-refractivity contribution in [1.29, 1.82) is 0 Å². The maximum atomic E-state index is 6.02. The zero-order valence-corrected chi connectivity index (χ0v) is 13.5. The molecule has 0 radical (unpaired) electrons. The van der Waals surface area contributed by atoms with E-state index in [4.69, 9.17) is 4.74 Å². The lowest BCUT2D eigenvalue weighted by Crippen LogP contribution is -2.20. The number of nitrogens with one attached hydrogen (secondary N) is 1. The maximum Gasteiger partial charge on any atom is 0.0719 e. The van der Waals surface area contributed by atoms with E-state index in [0.717, 1.165) is 38.6 Å². The Bertz CT molecular complexity index is 441. The van der Waals surface area contributed by atoms with E-state index in [-0.39, 0.29) is 0 Å². The molecule has 0 spiro atoms. The molecular formula is C19H29NO. The van der Waals surface area contributed by atoms with Crippen LogP contribution in [0.15, 0.2) is 36.4 Å². The predicted octanol–water partition coefficient (Wildman–Crippen LogP) is 3.96. The lowest BCUT2D eigenvalue weighted by atomic mass is 9.85. The van der Waals surface area contributed by atoms with Crippen molar-refractivity contribution in [1.82, 2.24) is 5.32 Å². The highest BCUT2D eigenvalue weighted by molar-refractivity contribution is 5.26. The van der Waals surface area contributed by atoms with Crippen LogP contribution in [0.5, 0.6) is 0 Å². The molecule has 1 aliphatic rings. The Morgan fingerprint density at radius 2 is 1.90 bits per heavy atom. The molecule has 2 atom stereocenters. The minimum atomic E-state index is 0.684. The molecule has 116 valence electrons. The first kappa shape index (κ1) is 16.3. The van der Waals surface area contributed by atoms with Crippen molar-refractivity contribution >= 4 is 0 Å². The SMILES string of the molecule is CCNCCc1ccccc1COCC1CC=CCC1C. The summed E-state index contributed by atoms with van der Waals surface area (Å²) in [5, 5.41) is 3.39. The lowest BCUT2D eigenvalue weighted by Gasteiger charge is -2.25. The molecule has 2 unspecified atom stereocenters. The summed E-state index contributed by atoms with van der Waals surface area (Å²) in [6.07, 6.45) is 8.06. The van der Waals surface area contributed by atoms with Crippen molar-refractivity contribution in [2.24, 2.45) is 11.8 Å². The Balaban J connectivity index is 1.80. The van der Waals surface area contributed by atoms with Gasteiger partial charge in [-0.2, -0.15) is 0 Å². The molecule has 21 heavy (non-hydrogen) atoms. The molecule has 0 saturated carbocycles. The van der Waals surface area contributed by atoms with Crippen molar-refractivity contribution in [2.75, 3.05) is 19.7 Å². The van der Waals surface area contributed by atoms with E-state index in [0.29, 0.717) is 5.92 Å². The normalized spacial score (nSPS) is 21.6. The summed E-state index contributed by atoms with van der Waals surface area (Å²) in [6, 6.07) is 8.66. The molecule has 0 aromatic heterocycles. The summed E-state index contributed by atoms with van der Waals surface area (Å²) >= 11 is 0. The highest BCUT2D eigenvalue weighted by Gasteiger charge is 2.18. The fourth-order valence-corrected chi connectivity index (χ4v) is 2.90. The van der Waals surface area contributed by atoms with Crippen LogP contribution >= 0.6 is 0 Å². The molecule has 2 heteroatoms. The Hall–Kier alpha value is -1.12. The van der Waals surface area contributed by atoms with Crippen LogP contribution in [0.3, 0.4) is 0 Å². The van der Waals surface area contributed by atoms with Gasteiger partial charge in [0.25, 0.3) is 0 Å². The van der Waals surface area contributed by atoms with Crippen LogP contribution in [0.25, 0.3) is 0 Å². The molecular weight excluding hydrogens is 258 g/mol. The van der Waals surface area contributed by atoms with E-state index in [2.05, 4.69) is 55.6 Å². The molecule has 1 N–H and O–H groups in total. The number of hydrogen-bond acceptors (Lipinski definition) is 2.